The fourth-order valence-corrected chi connectivity index (χ4v) is 4.48. The topological polar surface area (TPSA) is 81.9 Å². The number of para-hydroxylation sites is 1. The van der Waals surface area contributed by atoms with Crippen molar-refractivity contribution in [2.24, 2.45) is 7.05 Å². The van der Waals surface area contributed by atoms with Crippen LogP contribution in [0.3, 0.4) is 0 Å². The number of ether oxygens (including phenoxy) is 1. The van der Waals surface area contributed by atoms with E-state index in [-0.39, 0.29) is 18.3 Å². The summed E-state index contributed by atoms with van der Waals surface area (Å²) >= 11 is 14.8. The standard InChI is InChI=1S/C19H15Cl2N5O2S2/c1-26-16(9-28-14-8-11(20)6-7-12(14)21)24-25-19(26)29-10-17(27)23-18-22-13-4-2-3-5-15(13)30-18/h2-8H,9-10H2,1H3,(H,22,23,27). The molecule has 0 atom stereocenters. The number of halogens is 2. The fraction of sp³-hybridized carbons (Fsp3) is 0.158. The summed E-state index contributed by atoms with van der Waals surface area (Å²) in [6, 6.07) is 12.7. The molecule has 0 spiro atoms. The summed E-state index contributed by atoms with van der Waals surface area (Å²) in [6.07, 6.45) is 0. The van der Waals surface area contributed by atoms with E-state index in [2.05, 4.69) is 20.5 Å². The number of anilines is 1. The van der Waals surface area contributed by atoms with Gasteiger partial charge < -0.3 is 14.6 Å². The lowest BCUT2D eigenvalue weighted by atomic mass is 10.3. The lowest BCUT2D eigenvalue weighted by Crippen LogP contribution is -2.14. The van der Waals surface area contributed by atoms with Crippen LogP contribution in [-0.4, -0.2) is 31.4 Å². The van der Waals surface area contributed by atoms with Crippen molar-refractivity contribution in [2.45, 2.75) is 11.8 Å². The molecule has 1 amide bonds. The molecule has 0 aliphatic heterocycles. The van der Waals surface area contributed by atoms with Crippen LogP contribution in [-0.2, 0) is 18.4 Å². The van der Waals surface area contributed by atoms with Crippen molar-refractivity contribution in [1.82, 2.24) is 19.7 Å². The third-order valence-electron chi connectivity index (χ3n) is 4.05. The van der Waals surface area contributed by atoms with E-state index in [0.29, 0.717) is 31.9 Å². The number of thiazole rings is 1. The Morgan fingerprint density at radius 1 is 1.23 bits per heavy atom. The van der Waals surface area contributed by atoms with E-state index >= 15 is 0 Å². The molecule has 4 rings (SSSR count). The van der Waals surface area contributed by atoms with Crippen LogP contribution < -0.4 is 10.1 Å². The third-order valence-corrected chi connectivity index (χ3v) is 6.57. The molecule has 0 saturated heterocycles. The average molecular weight is 480 g/mol. The van der Waals surface area contributed by atoms with Crippen LogP contribution in [0.2, 0.25) is 10.0 Å². The number of amides is 1. The maximum absolute atomic E-state index is 12.3. The Morgan fingerprint density at radius 2 is 2.07 bits per heavy atom. The molecular weight excluding hydrogens is 465 g/mol. The van der Waals surface area contributed by atoms with Gasteiger partial charge in [0.05, 0.1) is 21.0 Å². The number of thioether (sulfide) groups is 1. The van der Waals surface area contributed by atoms with E-state index in [1.807, 2.05) is 31.3 Å². The summed E-state index contributed by atoms with van der Waals surface area (Å²) in [5, 5.41) is 13.2. The first kappa shape index (κ1) is 20.9. The van der Waals surface area contributed by atoms with Crippen molar-refractivity contribution in [1.29, 1.82) is 0 Å². The minimum absolute atomic E-state index is 0.162. The Balaban J connectivity index is 1.33. The second-order valence-corrected chi connectivity index (χ2v) is 8.96. The molecule has 0 saturated carbocycles. The molecule has 30 heavy (non-hydrogen) atoms. The summed E-state index contributed by atoms with van der Waals surface area (Å²) < 4.78 is 8.49. The normalized spacial score (nSPS) is 11.0. The summed E-state index contributed by atoms with van der Waals surface area (Å²) in [7, 11) is 1.81. The van der Waals surface area contributed by atoms with Crippen LogP contribution in [0.4, 0.5) is 5.13 Å². The van der Waals surface area contributed by atoms with Crippen LogP contribution >= 0.6 is 46.3 Å². The molecule has 11 heteroatoms. The Kier molecular flexibility index (Phi) is 6.43. The van der Waals surface area contributed by atoms with Gasteiger partial charge in [-0.05, 0) is 24.3 Å². The number of nitrogens with zero attached hydrogens (tertiary/aromatic N) is 4. The molecule has 0 unspecified atom stereocenters. The van der Waals surface area contributed by atoms with E-state index < -0.39 is 0 Å². The fourth-order valence-electron chi connectivity index (χ4n) is 2.54. The second-order valence-electron chi connectivity index (χ2n) is 6.14. The summed E-state index contributed by atoms with van der Waals surface area (Å²) in [6.45, 7) is 0.169. The molecule has 1 N–H and O–H groups in total. The molecule has 0 aliphatic rings. The number of carbonyl (C=O) groups excluding carboxylic acids is 1. The minimum Gasteiger partial charge on any atom is -0.484 e. The van der Waals surface area contributed by atoms with E-state index in [4.69, 9.17) is 27.9 Å². The lowest BCUT2D eigenvalue weighted by molar-refractivity contribution is -0.113. The van der Waals surface area contributed by atoms with Crippen molar-refractivity contribution in [3.8, 4) is 5.75 Å². The first-order chi connectivity index (χ1) is 14.5. The maximum atomic E-state index is 12.3. The van der Waals surface area contributed by atoms with E-state index in [0.717, 1.165) is 10.2 Å². The van der Waals surface area contributed by atoms with Crippen LogP contribution in [0.1, 0.15) is 5.82 Å². The molecule has 0 aliphatic carbocycles. The zero-order chi connectivity index (χ0) is 21.1. The van der Waals surface area contributed by atoms with Crippen molar-refractivity contribution in [2.75, 3.05) is 11.1 Å². The second kappa shape index (κ2) is 9.22. The van der Waals surface area contributed by atoms with Gasteiger partial charge in [-0.3, -0.25) is 4.79 Å². The van der Waals surface area contributed by atoms with Gasteiger partial charge in [0.2, 0.25) is 5.91 Å². The van der Waals surface area contributed by atoms with Crippen molar-refractivity contribution >= 4 is 67.6 Å². The first-order valence-electron chi connectivity index (χ1n) is 8.74. The number of aromatic nitrogens is 4. The first-order valence-corrected chi connectivity index (χ1v) is 11.3. The Bertz CT molecular complexity index is 1180. The Morgan fingerprint density at radius 3 is 2.90 bits per heavy atom. The van der Waals surface area contributed by atoms with Gasteiger partial charge in [-0.25, -0.2) is 4.98 Å². The van der Waals surface area contributed by atoms with Crippen LogP contribution in [0.15, 0.2) is 47.6 Å². The van der Waals surface area contributed by atoms with Crippen molar-refractivity contribution in [3.63, 3.8) is 0 Å². The highest BCUT2D eigenvalue weighted by molar-refractivity contribution is 7.99. The molecule has 0 fully saturated rings. The van der Waals surface area contributed by atoms with Gasteiger partial charge in [0, 0.05) is 18.1 Å². The van der Waals surface area contributed by atoms with E-state index in [1.165, 1.54) is 23.1 Å². The number of hydrogen-bond donors (Lipinski definition) is 1. The SMILES string of the molecule is Cn1c(COc2cc(Cl)ccc2Cl)nnc1SCC(=O)Nc1nc2ccccc2s1. The number of fused-ring (bicyclic) bond motifs is 1. The smallest absolute Gasteiger partial charge is 0.236 e. The Hall–Kier alpha value is -2.33. The number of carbonyl (C=O) groups is 1. The molecule has 2 aromatic heterocycles. The monoisotopic (exact) mass is 479 g/mol. The third kappa shape index (κ3) is 4.86. The average Bonchev–Trinajstić information content (AvgIpc) is 3.29. The van der Waals surface area contributed by atoms with Gasteiger partial charge in [-0.15, -0.1) is 10.2 Å². The lowest BCUT2D eigenvalue weighted by Gasteiger charge is -2.08. The largest absolute Gasteiger partial charge is 0.484 e. The molecule has 4 aromatic rings. The molecule has 0 radical (unpaired) electrons. The zero-order valence-electron chi connectivity index (χ0n) is 15.6. The highest BCUT2D eigenvalue weighted by atomic mass is 35.5. The van der Waals surface area contributed by atoms with Crippen LogP contribution in [0.5, 0.6) is 5.75 Å². The van der Waals surface area contributed by atoms with Crippen LogP contribution in [0, 0.1) is 0 Å². The molecule has 7 nitrogen and oxygen atoms in total. The predicted molar refractivity (Wildman–Crippen MR) is 121 cm³/mol. The predicted octanol–water partition coefficient (Wildman–Crippen LogP) is 5.04. The van der Waals surface area contributed by atoms with E-state index in [9.17, 15) is 4.79 Å². The number of benzene rings is 2. The van der Waals surface area contributed by atoms with Crippen LogP contribution in [0.25, 0.3) is 10.2 Å². The van der Waals surface area contributed by atoms with E-state index in [1.54, 1.807) is 22.8 Å². The molecule has 0 bridgehead atoms. The molecular formula is C19H15Cl2N5O2S2. The summed E-state index contributed by atoms with van der Waals surface area (Å²) in [5.74, 6) is 1.09. The number of rotatable bonds is 7. The molecule has 154 valence electrons. The van der Waals surface area contributed by atoms with Gasteiger partial charge in [0.25, 0.3) is 0 Å². The van der Waals surface area contributed by atoms with Gasteiger partial charge in [-0.1, -0.05) is 58.4 Å². The van der Waals surface area contributed by atoms with Gasteiger partial charge in [-0.2, -0.15) is 0 Å². The summed E-state index contributed by atoms with van der Waals surface area (Å²) in [5.41, 5.74) is 0.864. The number of nitrogens with one attached hydrogen (secondary N) is 1. The van der Waals surface area contributed by atoms with Crippen molar-refractivity contribution in [3.05, 3.63) is 58.3 Å². The number of hydrogen-bond acceptors (Lipinski definition) is 7. The van der Waals surface area contributed by atoms with Gasteiger partial charge in [0.15, 0.2) is 16.1 Å². The quantitative estimate of drug-likeness (QED) is 0.373. The van der Waals surface area contributed by atoms with Crippen molar-refractivity contribution < 1.29 is 9.53 Å². The Labute approximate surface area is 190 Å². The summed E-state index contributed by atoms with van der Waals surface area (Å²) in [4.78, 5) is 16.7. The zero-order valence-corrected chi connectivity index (χ0v) is 18.8. The molecule has 2 heterocycles. The highest BCUT2D eigenvalue weighted by Gasteiger charge is 2.14. The molecule has 2 aromatic carbocycles. The minimum atomic E-state index is -0.162. The van der Waals surface area contributed by atoms with Gasteiger partial charge >= 0.3 is 0 Å². The highest BCUT2D eigenvalue weighted by Crippen LogP contribution is 2.29. The van der Waals surface area contributed by atoms with Gasteiger partial charge in [0.1, 0.15) is 12.4 Å². The maximum Gasteiger partial charge on any atom is 0.236 e.